The zero-order valence-electron chi connectivity index (χ0n) is 32.9. The number of H-pyrrole nitrogens is 1. The highest BCUT2D eigenvalue weighted by Crippen LogP contribution is 2.35. The lowest BCUT2D eigenvalue weighted by atomic mass is 9.97. The molecule has 0 saturated carbocycles. The topological polar surface area (TPSA) is 170 Å². The van der Waals surface area contributed by atoms with Crippen LogP contribution >= 0.6 is 0 Å². The summed E-state index contributed by atoms with van der Waals surface area (Å²) in [5.41, 5.74) is 2.99. The molecule has 3 aliphatic heterocycles. The molecule has 0 radical (unpaired) electrons. The summed E-state index contributed by atoms with van der Waals surface area (Å²) in [6.45, 7) is 9.42. The Kier molecular flexibility index (Phi) is 11.2. The van der Waals surface area contributed by atoms with Crippen LogP contribution in [0.3, 0.4) is 0 Å². The quantitative estimate of drug-likeness (QED) is 0.146. The average molecular weight is 765 g/mol. The minimum atomic E-state index is -0.689. The Balaban J connectivity index is 1.04. The van der Waals surface area contributed by atoms with Gasteiger partial charge in [-0.05, 0) is 88.9 Å². The molecule has 4 amide bonds. The first-order chi connectivity index (χ1) is 26.9. The SMILES string of the molecule is COC(=O)N[C@H](C(=O)N1CCC[C@H]1C1=NCC(c2ccc3cc4cc(-c5cnc([C@@H]6CCCN6C(=O)[C@@H](NC(=O)OC)C(C)C)[nH]5)ccc4cc3c2)N1)C(C)C. The molecule has 4 aromatic rings. The lowest BCUT2D eigenvalue weighted by molar-refractivity contribution is -0.135. The number of rotatable bonds is 10. The first-order valence-corrected chi connectivity index (χ1v) is 19.6. The molecule has 2 saturated heterocycles. The van der Waals surface area contributed by atoms with Crippen molar-refractivity contribution in [2.75, 3.05) is 33.9 Å². The molecular formula is C42H52N8O6. The van der Waals surface area contributed by atoms with Crippen molar-refractivity contribution in [2.45, 2.75) is 83.6 Å². The molecule has 4 heterocycles. The number of hydrogen-bond donors (Lipinski definition) is 4. The van der Waals surface area contributed by atoms with Gasteiger partial charge in [-0.25, -0.2) is 14.6 Å². The van der Waals surface area contributed by atoms with Crippen molar-refractivity contribution in [2.24, 2.45) is 16.8 Å². The molecule has 1 unspecified atom stereocenters. The summed E-state index contributed by atoms with van der Waals surface area (Å²) in [6, 6.07) is 15.5. The summed E-state index contributed by atoms with van der Waals surface area (Å²) in [7, 11) is 2.59. The first-order valence-electron chi connectivity index (χ1n) is 19.6. The number of aromatic nitrogens is 2. The minimum absolute atomic E-state index is 0.0138. The van der Waals surface area contributed by atoms with Crippen LogP contribution in [0.2, 0.25) is 0 Å². The second-order valence-electron chi connectivity index (χ2n) is 15.7. The van der Waals surface area contributed by atoms with E-state index < -0.39 is 24.3 Å². The zero-order chi connectivity index (χ0) is 39.7. The van der Waals surface area contributed by atoms with Gasteiger partial charge in [-0.2, -0.15) is 0 Å². The Bertz CT molecular complexity index is 2160. The molecule has 56 heavy (non-hydrogen) atoms. The zero-order valence-corrected chi connectivity index (χ0v) is 32.9. The Morgan fingerprint density at radius 2 is 1.32 bits per heavy atom. The van der Waals surface area contributed by atoms with E-state index in [1.54, 1.807) is 0 Å². The summed E-state index contributed by atoms with van der Waals surface area (Å²) >= 11 is 0. The number of ether oxygens (including phenoxy) is 2. The van der Waals surface area contributed by atoms with Crippen LogP contribution in [0.4, 0.5) is 9.59 Å². The predicted octanol–water partition coefficient (Wildman–Crippen LogP) is 5.84. The minimum Gasteiger partial charge on any atom is -0.453 e. The van der Waals surface area contributed by atoms with Crippen LogP contribution in [-0.2, 0) is 19.1 Å². The number of fused-ring (bicyclic) bond motifs is 2. The average Bonchev–Trinajstić information content (AvgIpc) is 4.03. The number of imidazole rings is 1. The number of hydrogen-bond acceptors (Lipinski definition) is 9. The molecule has 0 bridgehead atoms. The molecule has 14 heteroatoms. The second-order valence-corrected chi connectivity index (χ2v) is 15.7. The lowest BCUT2D eigenvalue weighted by Crippen LogP contribution is -2.54. The number of nitrogens with one attached hydrogen (secondary N) is 4. The fourth-order valence-electron chi connectivity index (χ4n) is 8.29. The Labute approximate surface area is 326 Å². The monoisotopic (exact) mass is 764 g/mol. The van der Waals surface area contributed by atoms with Gasteiger partial charge >= 0.3 is 12.2 Å². The number of alkyl carbamates (subject to hydrolysis) is 2. The van der Waals surface area contributed by atoms with Crippen LogP contribution in [0.1, 0.15) is 76.8 Å². The van der Waals surface area contributed by atoms with Gasteiger partial charge in [0.1, 0.15) is 23.7 Å². The molecule has 3 aromatic carbocycles. The summed E-state index contributed by atoms with van der Waals surface area (Å²) in [5.74, 6) is 1.09. The van der Waals surface area contributed by atoms with E-state index in [9.17, 15) is 19.2 Å². The smallest absolute Gasteiger partial charge is 0.407 e. The third-order valence-electron chi connectivity index (χ3n) is 11.4. The van der Waals surface area contributed by atoms with Crippen molar-refractivity contribution in [1.82, 2.24) is 35.7 Å². The van der Waals surface area contributed by atoms with Crippen LogP contribution in [0.5, 0.6) is 0 Å². The lowest BCUT2D eigenvalue weighted by Gasteiger charge is -2.31. The van der Waals surface area contributed by atoms with Crippen LogP contribution in [0.15, 0.2) is 59.7 Å². The second kappa shape index (κ2) is 16.2. The van der Waals surface area contributed by atoms with E-state index in [4.69, 9.17) is 19.5 Å². The van der Waals surface area contributed by atoms with Gasteiger partial charge < -0.3 is 40.2 Å². The molecule has 5 atom stereocenters. The molecule has 7 rings (SSSR count). The van der Waals surface area contributed by atoms with Crippen molar-refractivity contribution >= 4 is 51.4 Å². The number of amides is 4. The van der Waals surface area contributed by atoms with Crippen molar-refractivity contribution in [3.8, 4) is 11.3 Å². The number of benzene rings is 3. The van der Waals surface area contributed by atoms with Gasteiger partial charge in [0, 0.05) is 18.7 Å². The third-order valence-corrected chi connectivity index (χ3v) is 11.4. The van der Waals surface area contributed by atoms with Gasteiger partial charge in [-0.3, -0.25) is 14.6 Å². The maximum atomic E-state index is 13.6. The van der Waals surface area contributed by atoms with Gasteiger partial charge in [-0.1, -0.05) is 52.0 Å². The number of methoxy groups -OCH3 is 2. The van der Waals surface area contributed by atoms with E-state index in [0.717, 1.165) is 75.7 Å². The highest BCUT2D eigenvalue weighted by molar-refractivity contribution is 6.00. The van der Waals surface area contributed by atoms with E-state index in [1.807, 2.05) is 43.7 Å². The molecule has 1 aromatic heterocycles. The molecule has 14 nitrogen and oxygen atoms in total. The summed E-state index contributed by atoms with van der Waals surface area (Å²) in [6.07, 6.45) is 3.90. The van der Waals surface area contributed by atoms with Crippen LogP contribution in [0, 0.1) is 11.8 Å². The van der Waals surface area contributed by atoms with Gasteiger partial charge in [0.15, 0.2) is 0 Å². The van der Waals surface area contributed by atoms with Crippen LogP contribution < -0.4 is 16.0 Å². The van der Waals surface area contributed by atoms with Crippen molar-refractivity contribution in [1.29, 1.82) is 0 Å². The highest BCUT2D eigenvalue weighted by atomic mass is 16.5. The first kappa shape index (κ1) is 38.6. The fraction of sp³-hybridized carbons (Fsp3) is 0.476. The fourth-order valence-corrected chi connectivity index (χ4v) is 8.29. The Morgan fingerprint density at radius 3 is 1.93 bits per heavy atom. The van der Waals surface area contributed by atoms with E-state index in [-0.39, 0.29) is 41.8 Å². The van der Waals surface area contributed by atoms with E-state index in [1.165, 1.54) is 14.2 Å². The highest BCUT2D eigenvalue weighted by Gasteiger charge is 2.40. The van der Waals surface area contributed by atoms with Crippen molar-refractivity contribution < 1.29 is 28.7 Å². The third kappa shape index (κ3) is 7.74. The van der Waals surface area contributed by atoms with Crippen molar-refractivity contribution in [3.05, 3.63) is 66.1 Å². The standard InChI is InChI=1S/C42H52N8O6/c1-23(2)35(47-41(53)55-5)39(51)49-15-7-9-33(49)37-43-21-31(45-37)27-13-11-25-18-30-20-28(14-12-26(30)17-29(25)19-27)32-22-44-38(46-32)34-10-8-16-50(34)40(52)36(24(3)4)48-42(54)56-6/h11-14,17-21,23-24,32-36H,7-10,15-16,22H2,1-6H3,(H,43,45)(H,44,46)(H,47,53)(H,48,54)/t32?,33-,34-,35-,36-/m0/s1. The van der Waals surface area contributed by atoms with E-state index >= 15 is 0 Å². The number of aromatic amines is 1. The summed E-state index contributed by atoms with van der Waals surface area (Å²) < 4.78 is 9.55. The number of nitrogens with zero attached hydrogens (tertiary/aromatic N) is 4. The molecular weight excluding hydrogens is 713 g/mol. The predicted molar refractivity (Wildman–Crippen MR) is 214 cm³/mol. The van der Waals surface area contributed by atoms with Gasteiger partial charge in [0.05, 0.1) is 50.8 Å². The Hall–Kier alpha value is -5.66. The van der Waals surface area contributed by atoms with Crippen molar-refractivity contribution in [3.63, 3.8) is 0 Å². The Morgan fingerprint density at radius 1 is 0.750 bits per heavy atom. The largest absolute Gasteiger partial charge is 0.453 e. The van der Waals surface area contributed by atoms with Crippen LogP contribution in [0.25, 0.3) is 32.8 Å². The van der Waals surface area contributed by atoms with Crippen LogP contribution in [-0.4, -0.2) is 102 Å². The summed E-state index contributed by atoms with van der Waals surface area (Å²) in [5, 5.41) is 13.5. The van der Waals surface area contributed by atoms with E-state index in [0.29, 0.717) is 19.6 Å². The molecule has 296 valence electrons. The number of likely N-dealkylation sites (tertiary alicyclic amines) is 2. The molecule has 2 fully saturated rings. The number of aliphatic imine (C=N–C) groups is 1. The maximum absolute atomic E-state index is 13.6. The molecule has 0 aliphatic carbocycles. The maximum Gasteiger partial charge on any atom is 0.407 e. The molecule has 3 aliphatic rings. The van der Waals surface area contributed by atoms with Gasteiger partial charge in [-0.15, -0.1) is 0 Å². The van der Waals surface area contributed by atoms with Gasteiger partial charge in [0.2, 0.25) is 11.8 Å². The van der Waals surface area contributed by atoms with E-state index in [2.05, 4.69) is 69.5 Å². The molecule has 4 N–H and O–H groups in total. The molecule has 0 spiro atoms. The van der Waals surface area contributed by atoms with Gasteiger partial charge in [0.25, 0.3) is 0 Å². The normalized spacial score (nSPS) is 20.6. The number of carbonyl (C=O) groups excluding carboxylic acids is 4. The number of amidine groups is 1. The summed E-state index contributed by atoms with van der Waals surface area (Å²) in [4.78, 5) is 67.9. The number of carbonyl (C=O) groups is 4.